The maximum atomic E-state index is 5.97. The number of halogens is 2. The molecule has 0 bridgehead atoms. The molecule has 0 fully saturated rings. The lowest BCUT2D eigenvalue weighted by Gasteiger charge is -2.02. The summed E-state index contributed by atoms with van der Waals surface area (Å²) in [5, 5.41) is 4.94. The van der Waals surface area contributed by atoms with Crippen LogP contribution in [0.3, 0.4) is 0 Å². The molecular formula is C13H9Cl2N3O2. The third kappa shape index (κ3) is 2.79. The first-order valence-corrected chi connectivity index (χ1v) is 6.48. The summed E-state index contributed by atoms with van der Waals surface area (Å²) in [5.74, 6) is 1.88. The van der Waals surface area contributed by atoms with Crippen LogP contribution >= 0.6 is 23.2 Å². The first-order chi connectivity index (χ1) is 9.72. The standard InChI is InChI=1S/C13H9Cl2N3O2/c14-9-4-10(15)13(16-6-9)18-17-5-8-1-2-11-12(3-8)20-7-19-11/h1-6H,7H2,(H,16,18)/b17-5-. The Morgan fingerprint density at radius 2 is 2.05 bits per heavy atom. The van der Waals surface area contributed by atoms with E-state index in [9.17, 15) is 0 Å². The van der Waals surface area contributed by atoms with E-state index in [-0.39, 0.29) is 6.79 Å². The molecule has 0 aliphatic carbocycles. The van der Waals surface area contributed by atoms with Crippen molar-refractivity contribution in [3.05, 3.63) is 46.1 Å². The molecule has 1 aromatic carbocycles. The van der Waals surface area contributed by atoms with E-state index in [1.807, 2.05) is 18.2 Å². The van der Waals surface area contributed by atoms with Crippen molar-refractivity contribution in [3.8, 4) is 11.5 Å². The van der Waals surface area contributed by atoms with Crippen molar-refractivity contribution in [1.82, 2.24) is 4.98 Å². The van der Waals surface area contributed by atoms with Gasteiger partial charge in [-0.05, 0) is 29.8 Å². The predicted molar refractivity (Wildman–Crippen MR) is 78.0 cm³/mol. The Labute approximate surface area is 125 Å². The average Bonchev–Trinajstić information content (AvgIpc) is 2.89. The summed E-state index contributed by atoms with van der Waals surface area (Å²) in [7, 11) is 0. The van der Waals surface area contributed by atoms with Crippen LogP contribution in [-0.2, 0) is 0 Å². The Hall–Kier alpha value is -1.98. The van der Waals surface area contributed by atoms with Crippen molar-refractivity contribution < 1.29 is 9.47 Å². The summed E-state index contributed by atoms with van der Waals surface area (Å²) in [6.45, 7) is 0.248. The number of ether oxygens (including phenoxy) is 2. The molecule has 0 unspecified atom stereocenters. The first-order valence-electron chi connectivity index (χ1n) is 5.72. The lowest BCUT2D eigenvalue weighted by molar-refractivity contribution is 0.174. The Bertz CT molecular complexity index is 677. The molecule has 1 N–H and O–H groups in total. The molecule has 2 heterocycles. The van der Waals surface area contributed by atoms with Gasteiger partial charge in [0, 0.05) is 6.20 Å². The van der Waals surface area contributed by atoms with Gasteiger partial charge in [0.2, 0.25) is 6.79 Å². The van der Waals surface area contributed by atoms with Gasteiger partial charge in [-0.1, -0.05) is 23.2 Å². The maximum absolute atomic E-state index is 5.97. The van der Waals surface area contributed by atoms with Gasteiger partial charge in [-0.2, -0.15) is 5.10 Å². The number of pyridine rings is 1. The number of nitrogens with one attached hydrogen (secondary N) is 1. The molecular weight excluding hydrogens is 301 g/mol. The van der Waals surface area contributed by atoms with E-state index in [0.29, 0.717) is 21.6 Å². The van der Waals surface area contributed by atoms with Gasteiger partial charge in [0.05, 0.1) is 16.3 Å². The number of hydrazone groups is 1. The summed E-state index contributed by atoms with van der Waals surface area (Å²) < 4.78 is 10.5. The van der Waals surface area contributed by atoms with Gasteiger partial charge in [0.15, 0.2) is 17.3 Å². The zero-order chi connectivity index (χ0) is 13.9. The quantitative estimate of drug-likeness (QED) is 0.695. The molecule has 1 aromatic heterocycles. The van der Waals surface area contributed by atoms with E-state index < -0.39 is 0 Å². The highest BCUT2D eigenvalue weighted by Gasteiger charge is 2.12. The number of fused-ring (bicyclic) bond motifs is 1. The molecule has 1 aliphatic rings. The third-order valence-electron chi connectivity index (χ3n) is 2.59. The van der Waals surface area contributed by atoms with E-state index in [2.05, 4.69) is 15.5 Å². The zero-order valence-corrected chi connectivity index (χ0v) is 11.6. The van der Waals surface area contributed by atoms with Crippen LogP contribution in [0.15, 0.2) is 35.6 Å². The topological polar surface area (TPSA) is 55.7 Å². The van der Waals surface area contributed by atoms with E-state index >= 15 is 0 Å². The van der Waals surface area contributed by atoms with Crippen LogP contribution in [0.2, 0.25) is 10.0 Å². The van der Waals surface area contributed by atoms with E-state index in [0.717, 1.165) is 11.3 Å². The van der Waals surface area contributed by atoms with Crippen molar-refractivity contribution in [2.24, 2.45) is 5.10 Å². The van der Waals surface area contributed by atoms with Crippen LogP contribution in [0.1, 0.15) is 5.56 Å². The maximum Gasteiger partial charge on any atom is 0.231 e. The highest BCUT2D eigenvalue weighted by molar-refractivity contribution is 6.35. The van der Waals surface area contributed by atoms with Crippen LogP contribution in [-0.4, -0.2) is 18.0 Å². The fourth-order valence-electron chi connectivity index (χ4n) is 1.66. The minimum atomic E-state index is 0.248. The van der Waals surface area contributed by atoms with Crippen LogP contribution in [0.4, 0.5) is 5.82 Å². The van der Waals surface area contributed by atoms with Gasteiger partial charge in [-0.25, -0.2) is 4.98 Å². The minimum Gasteiger partial charge on any atom is -0.454 e. The second kappa shape index (κ2) is 5.56. The monoisotopic (exact) mass is 309 g/mol. The number of rotatable bonds is 3. The van der Waals surface area contributed by atoms with Crippen LogP contribution < -0.4 is 14.9 Å². The largest absolute Gasteiger partial charge is 0.454 e. The zero-order valence-electron chi connectivity index (χ0n) is 10.1. The van der Waals surface area contributed by atoms with Crippen LogP contribution in [0.5, 0.6) is 11.5 Å². The lowest BCUT2D eigenvalue weighted by Crippen LogP contribution is -1.94. The Morgan fingerprint density at radius 1 is 1.20 bits per heavy atom. The van der Waals surface area contributed by atoms with Crippen molar-refractivity contribution in [1.29, 1.82) is 0 Å². The Balaban J connectivity index is 1.71. The summed E-state index contributed by atoms with van der Waals surface area (Å²) in [5.41, 5.74) is 3.62. The molecule has 20 heavy (non-hydrogen) atoms. The number of hydrogen-bond donors (Lipinski definition) is 1. The highest BCUT2D eigenvalue weighted by Crippen LogP contribution is 2.32. The van der Waals surface area contributed by atoms with Gasteiger partial charge in [0.25, 0.3) is 0 Å². The molecule has 1 aliphatic heterocycles. The molecule has 5 nitrogen and oxygen atoms in total. The normalized spacial score (nSPS) is 12.9. The molecule has 0 saturated carbocycles. The van der Waals surface area contributed by atoms with Gasteiger partial charge >= 0.3 is 0 Å². The van der Waals surface area contributed by atoms with Gasteiger partial charge < -0.3 is 9.47 Å². The van der Waals surface area contributed by atoms with Gasteiger partial charge in [-0.15, -0.1) is 0 Å². The van der Waals surface area contributed by atoms with Crippen molar-refractivity contribution in [2.45, 2.75) is 0 Å². The Morgan fingerprint density at radius 3 is 2.90 bits per heavy atom. The fraction of sp³-hybridized carbons (Fsp3) is 0.0769. The Kier molecular flexibility index (Phi) is 3.62. The second-order valence-corrected chi connectivity index (χ2v) is 4.81. The molecule has 2 aromatic rings. The van der Waals surface area contributed by atoms with Gasteiger partial charge in [0.1, 0.15) is 0 Å². The third-order valence-corrected chi connectivity index (χ3v) is 3.08. The van der Waals surface area contributed by atoms with Crippen LogP contribution in [0, 0.1) is 0 Å². The predicted octanol–water partition coefficient (Wildman–Crippen LogP) is 3.56. The minimum absolute atomic E-state index is 0.248. The molecule has 0 atom stereocenters. The van der Waals surface area contributed by atoms with Crippen LogP contribution in [0.25, 0.3) is 0 Å². The van der Waals surface area contributed by atoms with Gasteiger partial charge in [-0.3, -0.25) is 5.43 Å². The molecule has 0 radical (unpaired) electrons. The molecule has 7 heteroatoms. The number of hydrogen-bond acceptors (Lipinski definition) is 5. The average molecular weight is 310 g/mol. The van der Waals surface area contributed by atoms with E-state index in [1.54, 1.807) is 12.3 Å². The molecule has 0 spiro atoms. The van der Waals surface area contributed by atoms with E-state index in [4.69, 9.17) is 32.7 Å². The van der Waals surface area contributed by atoms with Crippen molar-refractivity contribution in [3.63, 3.8) is 0 Å². The molecule has 3 rings (SSSR count). The summed E-state index contributed by atoms with van der Waals surface area (Å²) >= 11 is 11.7. The van der Waals surface area contributed by atoms with Crippen molar-refractivity contribution >= 4 is 35.2 Å². The number of nitrogens with zero attached hydrogens (tertiary/aromatic N) is 2. The SMILES string of the molecule is Clc1cnc(N/N=C\c2ccc3c(c2)OCO3)c(Cl)c1. The fourth-order valence-corrected chi connectivity index (χ4v) is 2.08. The molecule has 0 amide bonds. The number of anilines is 1. The lowest BCUT2D eigenvalue weighted by atomic mass is 10.2. The highest BCUT2D eigenvalue weighted by atomic mass is 35.5. The summed E-state index contributed by atoms with van der Waals surface area (Å²) in [6.07, 6.45) is 3.13. The number of benzene rings is 1. The van der Waals surface area contributed by atoms with E-state index in [1.165, 1.54) is 6.20 Å². The molecule has 0 saturated heterocycles. The first kappa shape index (κ1) is 13.0. The number of aromatic nitrogens is 1. The smallest absolute Gasteiger partial charge is 0.231 e. The molecule has 102 valence electrons. The second-order valence-electron chi connectivity index (χ2n) is 3.97. The summed E-state index contributed by atoms with van der Waals surface area (Å²) in [6, 6.07) is 7.13. The van der Waals surface area contributed by atoms with Crippen molar-refractivity contribution in [2.75, 3.05) is 12.2 Å². The summed E-state index contributed by atoms with van der Waals surface area (Å²) in [4.78, 5) is 4.03.